The van der Waals surface area contributed by atoms with Gasteiger partial charge in [0.15, 0.2) is 0 Å². The second-order valence-corrected chi connectivity index (χ2v) is 9.23. The molecular weight excluding hydrogens is 374 g/mol. The van der Waals surface area contributed by atoms with Crippen LogP contribution in [0.3, 0.4) is 0 Å². The zero-order valence-electron chi connectivity index (χ0n) is 17.7. The SMILES string of the molecule is CO[C@@]1(c2ccnc(C(N)=O)c2)[C@@H]2CCC[C@H]1CN(C1CCC1c1ccccc1)C2. The number of benzene rings is 1. The lowest BCUT2D eigenvalue weighted by molar-refractivity contribution is -0.179. The highest BCUT2D eigenvalue weighted by molar-refractivity contribution is 5.90. The fourth-order valence-electron chi connectivity index (χ4n) is 6.48. The van der Waals surface area contributed by atoms with Gasteiger partial charge in [-0.15, -0.1) is 0 Å². The molecule has 5 heteroatoms. The maximum Gasteiger partial charge on any atom is 0.267 e. The minimum Gasteiger partial charge on any atom is -0.373 e. The van der Waals surface area contributed by atoms with Crippen LogP contribution in [0.2, 0.25) is 0 Å². The Morgan fingerprint density at radius 1 is 1.10 bits per heavy atom. The van der Waals surface area contributed by atoms with Crippen LogP contribution in [0.25, 0.3) is 0 Å². The van der Waals surface area contributed by atoms with E-state index in [9.17, 15) is 4.79 Å². The van der Waals surface area contributed by atoms with Crippen molar-refractivity contribution in [2.75, 3.05) is 20.2 Å². The number of pyridine rings is 1. The minimum absolute atomic E-state index is 0.326. The summed E-state index contributed by atoms with van der Waals surface area (Å²) in [5.41, 5.74) is 8.03. The number of rotatable bonds is 5. The number of carbonyl (C=O) groups excluding carboxylic acids is 1. The lowest BCUT2D eigenvalue weighted by Crippen LogP contribution is -2.62. The van der Waals surface area contributed by atoms with Crippen LogP contribution >= 0.6 is 0 Å². The van der Waals surface area contributed by atoms with Gasteiger partial charge in [0.05, 0.1) is 0 Å². The lowest BCUT2D eigenvalue weighted by atomic mass is 9.61. The van der Waals surface area contributed by atoms with Gasteiger partial charge in [-0.3, -0.25) is 14.7 Å². The van der Waals surface area contributed by atoms with Crippen LogP contribution in [0.15, 0.2) is 48.7 Å². The van der Waals surface area contributed by atoms with Gasteiger partial charge in [0.25, 0.3) is 5.91 Å². The molecule has 0 spiro atoms. The molecule has 1 saturated heterocycles. The monoisotopic (exact) mass is 405 g/mol. The topological polar surface area (TPSA) is 68.5 Å². The molecule has 5 rings (SSSR count). The number of methoxy groups -OCH3 is 1. The molecule has 30 heavy (non-hydrogen) atoms. The van der Waals surface area contributed by atoms with Crippen molar-refractivity contribution in [3.05, 3.63) is 65.5 Å². The smallest absolute Gasteiger partial charge is 0.267 e. The number of ether oxygens (including phenoxy) is 1. The van der Waals surface area contributed by atoms with Crippen LogP contribution in [-0.4, -0.2) is 42.0 Å². The number of hydrogen-bond donors (Lipinski definition) is 1. The molecule has 1 aliphatic heterocycles. The van der Waals surface area contributed by atoms with Gasteiger partial charge in [-0.25, -0.2) is 0 Å². The molecule has 1 aromatic carbocycles. The van der Waals surface area contributed by atoms with Crippen LogP contribution in [0, 0.1) is 11.8 Å². The number of amides is 1. The molecule has 0 radical (unpaired) electrons. The van der Waals surface area contributed by atoms with Crippen molar-refractivity contribution in [2.45, 2.75) is 49.7 Å². The first-order chi connectivity index (χ1) is 14.6. The normalized spacial score (nSPS) is 33.6. The number of primary amides is 1. The van der Waals surface area contributed by atoms with Crippen LogP contribution in [0.5, 0.6) is 0 Å². The van der Waals surface area contributed by atoms with Crippen molar-refractivity contribution in [3.8, 4) is 0 Å². The van der Waals surface area contributed by atoms with E-state index < -0.39 is 5.91 Å². The lowest BCUT2D eigenvalue weighted by Gasteiger charge is -2.58. The number of likely N-dealkylation sites (tertiary alicyclic amines) is 1. The van der Waals surface area contributed by atoms with E-state index >= 15 is 0 Å². The van der Waals surface area contributed by atoms with Crippen LogP contribution in [-0.2, 0) is 10.3 Å². The summed E-state index contributed by atoms with van der Waals surface area (Å²) in [5.74, 6) is 0.987. The van der Waals surface area contributed by atoms with Crippen molar-refractivity contribution in [2.24, 2.45) is 17.6 Å². The highest BCUT2D eigenvalue weighted by atomic mass is 16.5. The predicted molar refractivity (Wildman–Crippen MR) is 116 cm³/mol. The van der Waals surface area contributed by atoms with Gasteiger partial charge >= 0.3 is 0 Å². The average molecular weight is 406 g/mol. The molecule has 2 heterocycles. The molecule has 2 aliphatic carbocycles. The molecule has 3 aliphatic rings. The Hall–Kier alpha value is -2.24. The summed E-state index contributed by atoms with van der Waals surface area (Å²) in [6, 6.07) is 15.5. The first-order valence-corrected chi connectivity index (χ1v) is 11.2. The summed E-state index contributed by atoms with van der Waals surface area (Å²) in [4.78, 5) is 18.6. The third-order valence-corrected chi connectivity index (χ3v) is 7.96. The molecular formula is C25H31N3O2. The Bertz CT molecular complexity index is 902. The first kappa shape index (κ1) is 19.7. The van der Waals surface area contributed by atoms with E-state index in [1.807, 2.05) is 19.2 Å². The number of aromatic nitrogens is 1. The number of nitrogens with two attached hydrogens (primary N) is 1. The highest BCUT2D eigenvalue weighted by Crippen LogP contribution is 2.53. The number of carbonyl (C=O) groups is 1. The summed E-state index contributed by atoms with van der Waals surface area (Å²) >= 11 is 0. The summed E-state index contributed by atoms with van der Waals surface area (Å²) in [6.07, 6.45) is 7.81. The standard InChI is InChI=1S/C25H31N3O2/c1-30-25(18-12-13-27-22(14-18)24(26)29)19-8-5-9-20(25)16-28(15-19)23-11-10-21(23)17-6-3-2-4-7-17/h2-4,6-7,12-14,19-21,23H,5,8-11,15-16H2,1H3,(H2,26,29)/t19-,20+,21?,23?,25+. The quantitative estimate of drug-likeness (QED) is 0.824. The Balaban J connectivity index is 1.44. The number of piperidine rings is 1. The van der Waals surface area contributed by atoms with E-state index in [0.29, 0.717) is 29.5 Å². The zero-order chi connectivity index (χ0) is 20.7. The molecule has 2 saturated carbocycles. The number of nitrogens with zero attached hydrogens (tertiary/aromatic N) is 2. The average Bonchev–Trinajstić information content (AvgIpc) is 2.73. The second-order valence-electron chi connectivity index (χ2n) is 9.23. The van der Waals surface area contributed by atoms with E-state index in [1.54, 1.807) is 6.20 Å². The second kappa shape index (κ2) is 7.78. The van der Waals surface area contributed by atoms with Gasteiger partial charge in [0.1, 0.15) is 11.3 Å². The Morgan fingerprint density at radius 2 is 1.83 bits per heavy atom. The Labute approximate surface area is 178 Å². The van der Waals surface area contributed by atoms with Crippen LogP contribution < -0.4 is 5.73 Å². The van der Waals surface area contributed by atoms with Crippen molar-refractivity contribution < 1.29 is 9.53 Å². The zero-order valence-corrected chi connectivity index (χ0v) is 17.7. The first-order valence-electron chi connectivity index (χ1n) is 11.2. The molecule has 2 unspecified atom stereocenters. The molecule has 5 nitrogen and oxygen atoms in total. The largest absolute Gasteiger partial charge is 0.373 e. The predicted octanol–water partition coefficient (Wildman–Crippen LogP) is 3.70. The Morgan fingerprint density at radius 3 is 2.43 bits per heavy atom. The van der Waals surface area contributed by atoms with Crippen molar-refractivity contribution in [1.82, 2.24) is 9.88 Å². The molecule has 3 fully saturated rings. The molecule has 2 N–H and O–H groups in total. The van der Waals surface area contributed by atoms with E-state index in [-0.39, 0.29) is 5.60 Å². The van der Waals surface area contributed by atoms with E-state index in [4.69, 9.17) is 10.5 Å². The van der Waals surface area contributed by atoms with E-state index in [1.165, 1.54) is 24.8 Å². The molecule has 1 amide bonds. The summed E-state index contributed by atoms with van der Waals surface area (Å²) in [6.45, 7) is 2.10. The summed E-state index contributed by atoms with van der Waals surface area (Å²) in [7, 11) is 1.83. The van der Waals surface area contributed by atoms with Gasteiger partial charge in [0, 0.05) is 44.3 Å². The fraction of sp³-hybridized carbons (Fsp3) is 0.520. The molecule has 1 aromatic heterocycles. The summed E-state index contributed by atoms with van der Waals surface area (Å²) < 4.78 is 6.35. The number of hydrogen-bond acceptors (Lipinski definition) is 4. The number of fused-ring (bicyclic) bond motifs is 2. The molecule has 5 atom stereocenters. The van der Waals surface area contributed by atoms with Gasteiger partial charge < -0.3 is 10.5 Å². The third-order valence-electron chi connectivity index (χ3n) is 7.96. The van der Waals surface area contributed by atoms with Crippen LogP contribution in [0.1, 0.15) is 59.6 Å². The van der Waals surface area contributed by atoms with Crippen molar-refractivity contribution >= 4 is 5.91 Å². The van der Waals surface area contributed by atoms with E-state index in [0.717, 1.165) is 31.5 Å². The van der Waals surface area contributed by atoms with Crippen LogP contribution in [0.4, 0.5) is 0 Å². The van der Waals surface area contributed by atoms with E-state index in [2.05, 4.69) is 40.2 Å². The maximum absolute atomic E-state index is 11.7. The fourth-order valence-corrected chi connectivity index (χ4v) is 6.48. The molecule has 2 bridgehead atoms. The molecule has 2 aromatic rings. The summed E-state index contributed by atoms with van der Waals surface area (Å²) in [5, 5.41) is 0. The van der Waals surface area contributed by atoms with Gasteiger partial charge in [-0.2, -0.15) is 0 Å². The van der Waals surface area contributed by atoms with Gasteiger partial charge in [0.2, 0.25) is 0 Å². The highest BCUT2D eigenvalue weighted by Gasteiger charge is 2.55. The maximum atomic E-state index is 11.7. The third kappa shape index (κ3) is 3.07. The van der Waals surface area contributed by atoms with Gasteiger partial charge in [-0.1, -0.05) is 36.8 Å². The van der Waals surface area contributed by atoms with Gasteiger partial charge in [-0.05, 0) is 54.9 Å². The van der Waals surface area contributed by atoms with Crippen molar-refractivity contribution in [1.29, 1.82) is 0 Å². The minimum atomic E-state index is -0.481. The molecule has 158 valence electrons. The Kier molecular flexibility index (Phi) is 5.11. The van der Waals surface area contributed by atoms with Crippen molar-refractivity contribution in [3.63, 3.8) is 0 Å².